The van der Waals surface area contributed by atoms with Crippen LogP contribution in [-0.2, 0) is 0 Å². The smallest absolute Gasteiger partial charge is 0.196 e. The Labute approximate surface area is 219 Å². The first kappa shape index (κ1) is 28.5. The summed E-state index contributed by atoms with van der Waals surface area (Å²) in [5.41, 5.74) is 6.16. The van der Waals surface area contributed by atoms with E-state index in [1.54, 1.807) is 0 Å². The van der Waals surface area contributed by atoms with Gasteiger partial charge in [0, 0.05) is 85.1 Å². The maximum absolute atomic E-state index is 7.95. The number of hydrogen-bond acceptors (Lipinski definition) is 5. The maximum atomic E-state index is 7.95. The van der Waals surface area contributed by atoms with Crippen LogP contribution in [0.2, 0.25) is 0 Å². The minimum absolute atomic E-state index is 0.163. The lowest BCUT2D eigenvalue weighted by Gasteiger charge is -2.43. The molecule has 0 spiro atoms. The highest BCUT2D eigenvalue weighted by molar-refractivity contribution is 5.82. The van der Waals surface area contributed by atoms with Crippen LogP contribution in [0, 0.1) is 16.2 Å². The molecule has 4 N–H and O–H groups in total. The Morgan fingerprint density at radius 1 is 0.694 bits per heavy atom. The largest absolute Gasteiger partial charge is 0.370 e. The molecule has 0 atom stereocenters. The second-order valence-corrected chi connectivity index (χ2v) is 11.8. The zero-order valence-electron chi connectivity index (χ0n) is 23.4. The summed E-state index contributed by atoms with van der Waals surface area (Å²) in [6.07, 6.45) is 3.95. The van der Waals surface area contributed by atoms with Crippen molar-refractivity contribution in [3.8, 4) is 0 Å². The van der Waals surface area contributed by atoms with Gasteiger partial charge >= 0.3 is 0 Å². The minimum atomic E-state index is 0.163. The van der Waals surface area contributed by atoms with Crippen LogP contribution >= 0.6 is 0 Å². The number of guanidine groups is 2. The fraction of sp³-hybridized carbons (Fsp3) is 0.885. The van der Waals surface area contributed by atoms with Crippen LogP contribution in [-0.4, -0.2) is 145 Å². The summed E-state index contributed by atoms with van der Waals surface area (Å²) in [6, 6.07) is 0. The topological polar surface area (TPSA) is 106 Å². The van der Waals surface area contributed by atoms with Crippen LogP contribution in [0.25, 0.3) is 0 Å². The SMILES string of the molecule is CC(=N)N1CCN(C(=NCCN2CCN(CCCCC(C)(C)C)CC2)N2CCN(C(=N)N)CC2)CC1. The average molecular weight is 505 g/mol. The van der Waals surface area contributed by atoms with E-state index in [-0.39, 0.29) is 5.96 Å². The van der Waals surface area contributed by atoms with Gasteiger partial charge in [0.25, 0.3) is 0 Å². The molecule has 10 heteroatoms. The number of nitrogens with one attached hydrogen (secondary N) is 2. The van der Waals surface area contributed by atoms with Gasteiger partial charge in [-0.1, -0.05) is 27.2 Å². The number of nitrogens with two attached hydrogens (primary N) is 1. The molecule has 10 nitrogen and oxygen atoms in total. The summed E-state index contributed by atoms with van der Waals surface area (Å²) < 4.78 is 0. The zero-order valence-corrected chi connectivity index (χ0v) is 23.4. The Bertz CT molecular complexity index is 685. The average Bonchev–Trinajstić information content (AvgIpc) is 2.85. The van der Waals surface area contributed by atoms with Gasteiger partial charge in [-0.2, -0.15) is 0 Å². The number of aliphatic imine (C=N–C) groups is 1. The lowest BCUT2D eigenvalue weighted by molar-refractivity contribution is 0.132. The molecule has 0 bridgehead atoms. The van der Waals surface area contributed by atoms with Gasteiger partial charge in [0.2, 0.25) is 0 Å². The fourth-order valence-corrected chi connectivity index (χ4v) is 5.31. The van der Waals surface area contributed by atoms with Crippen LogP contribution in [0.4, 0.5) is 0 Å². The quantitative estimate of drug-likeness (QED) is 0.273. The van der Waals surface area contributed by atoms with Gasteiger partial charge in [0.1, 0.15) is 0 Å². The number of rotatable bonds is 7. The molecule has 0 aromatic carbocycles. The Kier molecular flexibility index (Phi) is 10.7. The molecule has 0 amide bonds. The van der Waals surface area contributed by atoms with Crippen molar-refractivity contribution in [3.63, 3.8) is 0 Å². The molecule has 3 fully saturated rings. The van der Waals surface area contributed by atoms with Gasteiger partial charge < -0.3 is 30.2 Å². The predicted octanol–water partition coefficient (Wildman–Crippen LogP) is 1.30. The van der Waals surface area contributed by atoms with Crippen LogP contribution < -0.4 is 5.73 Å². The lowest BCUT2D eigenvalue weighted by atomic mass is 9.90. The molecule has 3 rings (SSSR count). The van der Waals surface area contributed by atoms with E-state index in [0.29, 0.717) is 11.3 Å². The molecule has 3 heterocycles. The summed E-state index contributed by atoms with van der Waals surface area (Å²) in [4.78, 5) is 19.2. The Balaban J connectivity index is 1.47. The van der Waals surface area contributed by atoms with Crippen molar-refractivity contribution in [2.75, 3.05) is 98.2 Å². The van der Waals surface area contributed by atoms with Gasteiger partial charge in [0.15, 0.2) is 11.9 Å². The normalized spacial score (nSPS) is 21.3. The van der Waals surface area contributed by atoms with Crippen molar-refractivity contribution < 1.29 is 0 Å². The van der Waals surface area contributed by atoms with Crippen molar-refractivity contribution in [1.29, 1.82) is 10.8 Å². The molecule has 0 aromatic rings. The van der Waals surface area contributed by atoms with Gasteiger partial charge in [-0.15, -0.1) is 0 Å². The summed E-state index contributed by atoms with van der Waals surface area (Å²) in [5.74, 6) is 1.91. The van der Waals surface area contributed by atoms with Crippen molar-refractivity contribution in [2.24, 2.45) is 16.1 Å². The molecule has 206 valence electrons. The number of piperazine rings is 3. The molecule has 36 heavy (non-hydrogen) atoms. The standard InChI is InChI=1S/C26H52N10/c1-23(27)33-15-19-35(20-16-33)25(36-21-17-34(18-22-36)24(28)29)30-8-10-32-13-11-31(12-14-32)9-6-5-7-26(2,3)4/h27H,5-22H2,1-4H3,(H3,28,29). The molecule has 0 radical (unpaired) electrons. The Morgan fingerprint density at radius 3 is 1.64 bits per heavy atom. The minimum Gasteiger partial charge on any atom is -0.370 e. The third-order valence-electron chi connectivity index (χ3n) is 7.73. The monoisotopic (exact) mass is 504 g/mol. The summed E-state index contributed by atoms with van der Waals surface area (Å²) in [7, 11) is 0. The number of amidine groups is 1. The second kappa shape index (κ2) is 13.5. The van der Waals surface area contributed by atoms with Crippen LogP contribution in [0.15, 0.2) is 4.99 Å². The van der Waals surface area contributed by atoms with Crippen molar-refractivity contribution in [2.45, 2.75) is 47.0 Å². The van der Waals surface area contributed by atoms with Crippen LogP contribution in [0.3, 0.4) is 0 Å². The predicted molar refractivity (Wildman–Crippen MR) is 150 cm³/mol. The molecular weight excluding hydrogens is 452 g/mol. The zero-order chi connectivity index (χ0) is 26.1. The van der Waals surface area contributed by atoms with E-state index in [1.165, 1.54) is 38.9 Å². The summed E-state index contributed by atoms with van der Waals surface area (Å²) in [6.45, 7) is 23.3. The van der Waals surface area contributed by atoms with E-state index in [9.17, 15) is 0 Å². The number of hydrogen-bond donors (Lipinski definition) is 3. The van der Waals surface area contributed by atoms with Gasteiger partial charge in [-0.25, -0.2) is 0 Å². The van der Waals surface area contributed by atoms with Crippen LogP contribution in [0.1, 0.15) is 47.0 Å². The number of nitrogens with zero attached hydrogens (tertiary/aromatic N) is 7. The van der Waals surface area contributed by atoms with E-state index in [2.05, 4.69) is 45.3 Å². The summed E-state index contributed by atoms with van der Waals surface area (Å²) >= 11 is 0. The molecule has 0 aromatic heterocycles. The highest BCUT2D eigenvalue weighted by Crippen LogP contribution is 2.21. The van der Waals surface area contributed by atoms with Crippen molar-refractivity contribution in [3.05, 3.63) is 0 Å². The lowest BCUT2D eigenvalue weighted by Crippen LogP contribution is -2.59. The first-order chi connectivity index (χ1) is 17.1. The van der Waals surface area contributed by atoms with Gasteiger partial charge in [-0.05, 0) is 31.7 Å². The van der Waals surface area contributed by atoms with Gasteiger partial charge in [0.05, 0.1) is 12.4 Å². The second-order valence-electron chi connectivity index (χ2n) is 11.8. The van der Waals surface area contributed by atoms with Crippen LogP contribution in [0.5, 0.6) is 0 Å². The fourth-order valence-electron chi connectivity index (χ4n) is 5.31. The van der Waals surface area contributed by atoms with E-state index in [0.717, 1.165) is 84.5 Å². The highest BCUT2D eigenvalue weighted by atomic mass is 15.4. The molecule has 0 unspecified atom stereocenters. The Hall–Kier alpha value is -2.07. The third-order valence-corrected chi connectivity index (χ3v) is 7.73. The highest BCUT2D eigenvalue weighted by Gasteiger charge is 2.27. The molecule has 0 aliphatic carbocycles. The van der Waals surface area contributed by atoms with E-state index < -0.39 is 0 Å². The van der Waals surface area contributed by atoms with E-state index in [4.69, 9.17) is 21.5 Å². The molecular formula is C26H52N10. The van der Waals surface area contributed by atoms with Crippen molar-refractivity contribution in [1.82, 2.24) is 29.4 Å². The Morgan fingerprint density at radius 2 is 1.17 bits per heavy atom. The van der Waals surface area contributed by atoms with Crippen molar-refractivity contribution >= 4 is 17.8 Å². The molecule has 3 aliphatic heterocycles. The maximum Gasteiger partial charge on any atom is 0.196 e. The first-order valence-electron chi connectivity index (χ1n) is 14.0. The summed E-state index contributed by atoms with van der Waals surface area (Å²) in [5, 5.41) is 15.7. The molecule has 0 saturated carbocycles. The third kappa shape index (κ3) is 9.10. The van der Waals surface area contributed by atoms with Gasteiger partial charge in [-0.3, -0.25) is 20.7 Å². The molecule has 3 saturated heterocycles. The molecule has 3 aliphatic rings. The van der Waals surface area contributed by atoms with E-state index >= 15 is 0 Å². The van der Waals surface area contributed by atoms with E-state index in [1.807, 2.05) is 11.8 Å². The first-order valence-corrected chi connectivity index (χ1v) is 14.0. The number of unbranched alkanes of at least 4 members (excludes halogenated alkanes) is 1.